The van der Waals surface area contributed by atoms with Crippen molar-refractivity contribution >= 4 is 7.75 Å². The summed E-state index contributed by atoms with van der Waals surface area (Å²) in [5.41, 5.74) is 0. The van der Waals surface area contributed by atoms with Crippen molar-refractivity contribution in [3.8, 4) is 0 Å². The molecule has 0 amide bonds. The first-order valence-corrected chi connectivity index (χ1v) is 8.34. The average Bonchev–Trinajstić information content (AvgIpc) is 2.29. The second-order valence-corrected chi connectivity index (χ2v) is 6.14. The SMILES string of the molecule is CCCCOP(=O)(O)N(CCCC)CCCC. The number of nitrogens with zero attached hydrogens (tertiary/aromatic N) is 1. The molecule has 1 N–H and O–H groups in total. The van der Waals surface area contributed by atoms with Crippen LogP contribution in [0.5, 0.6) is 0 Å². The minimum atomic E-state index is -3.56. The first-order valence-electron chi connectivity index (χ1n) is 6.81. The van der Waals surface area contributed by atoms with E-state index in [1.54, 1.807) is 4.67 Å². The minimum absolute atomic E-state index is 0.374. The van der Waals surface area contributed by atoms with Gasteiger partial charge < -0.3 is 4.89 Å². The van der Waals surface area contributed by atoms with Crippen molar-refractivity contribution < 1.29 is 14.0 Å². The quantitative estimate of drug-likeness (QED) is 0.456. The molecule has 0 aromatic rings. The molecule has 4 nitrogen and oxygen atoms in total. The van der Waals surface area contributed by atoms with E-state index in [0.717, 1.165) is 38.5 Å². The van der Waals surface area contributed by atoms with Crippen LogP contribution in [0.1, 0.15) is 59.3 Å². The van der Waals surface area contributed by atoms with Gasteiger partial charge in [0.25, 0.3) is 0 Å². The van der Waals surface area contributed by atoms with Crippen molar-refractivity contribution in [2.75, 3.05) is 19.7 Å². The van der Waals surface area contributed by atoms with Gasteiger partial charge in [-0.1, -0.05) is 40.0 Å². The second-order valence-electron chi connectivity index (χ2n) is 4.34. The highest BCUT2D eigenvalue weighted by Gasteiger charge is 2.28. The highest BCUT2D eigenvalue weighted by Crippen LogP contribution is 2.46. The van der Waals surface area contributed by atoms with Gasteiger partial charge in [0.05, 0.1) is 6.61 Å². The number of hydrogen-bond acceptors (Lipinski definition) is 2. The molecule has 1 atom stereocenters. The molecule has 0 aliphatic rings. The molecule has 5 heteroatoms. The van der Waals surface area contributed by atoms with Crippen LogP contribution in [0.15, 0.2) is 0 Å². The molecule has 0 aromatic heterocycles. The molecular weight excluding hydrogens is 237 g/mol. The van der Waals surface area contributed by atoms with Gasteiger partial charge in [0, 0.05) is 13.1 Å². The van der Waals surface area contributed by atoms with Gasteiger partial charge in [-0.2, -0.15) is 0 Å². The molecule has 0 bridgehead atoms. The third kappa shape index (κ3) is 7.93. The molecule has 0 radical (unpaired) electrons. The predicted octanol–water partition coefficient (Wildman–Crippen LogP) is 3.81. The van der Waals surface area contributed by atoms with E-state index < -0.39 is 7.75 Å². The summed E-state index contributed by atoms with van der Waals surface area (Å²) < 4.78 is 18.8. The van der Waals surface area contributed by atoms with Gasteiger partial charge in [0.1, 0.15) is 0 Å². The molecule has 0 fully saturated rings. The third-order valence-electron chi connectivity index (χ3n) is 2.65. The fourth-order valence-electron chi connectivity index (χ4n) is 1.46. The smallest absolute Gasteiger partial charge is 0.312 e. The maximum atomic E-state index is 12.1. The highest BCUT2D eigenvalue weighted by atomic mass is 31.2. The average molecular weight is 265 g/mol. The molecular formula is C12H28NO3P. The summed E-state index contributed by atoms with van der Waals surface area (Å²) in [4.78, 5) is 9.91. The summed E-state index contributed by atoms with van der Waals surface area (Å²) >= 11 is 0. The van der Waals surface area contributed by atoms with Gasteiger partial charge >= 0.3 is 7.75 Å². The Labute approximate surface area is 106 Å². The lowest BCUT2D eigenvalue weighted by Gasteiger charge is -2.26. The third-order valence-corrected chi connectivity index (χ3v) is 4.29. The van der Waals surface area contributed by atoms with Gasteiger partial charge in [-0.15, -0.1) is 0 Å². The number of rotatable bonds is 11. The normalized spacial score (nSPS) is 15.1. The summed E-state index contributed by atoms with van der Waals surface area (Å²) in [5, 5.41) is 0. The van der Waals surface area contributed by atoms with Crippen LogP contribution in [0.3, 0.4) is 0 Å². The second kappa shape index (κ2) is 10.1. The zero-order valence-corrected chi connectivity index (χ0v) is 12.4. The Hall–Kier alpha value is 0.110. The summed E-state index contributed by atoms with van der Waals surface area (Å²) in [6, 6.07) is 0. The van der Waals surface area contributed by atoms with Crippen molar-refractivity contribution in [1.29, 1.82) is 0 Å². The monoisotopic (exact) mass is 265 g/mol. The Kier molecular flexibility index (Phi) is 10.1. The van der Waals surface area contributed by atoms with Crippen molar-refractivity contribution in [3.63, 3.8) is 0 Å². The first kappa shape index (κ1) is 17.1. The summed E-state index contributed by atoms with van der Waals surface area (Å²) in [6.45, 7) is 7.87. The van der Waals surface area contributed by atoms with Gasteiger partial charge in [-0.3, -0.25) is 4.52 Å². The fourth-order valence-corrected chi connectivity index (χ4v) is 2.77. The lowest BCUT2D eigenvalue weighted by molar-refractivity contribution is 0.196. The van der Waals surface area contributed by atoms with Crippen LogP contribution in [0.2, 0.25) is 0 Å². The van der Waals surface area contributed by atoms with Crippen LogP contribution in [-0.2, 0) is 9.09 Å². The van der Waals surface area contributed by atoms with Crippen LogP contribution < -0.4 is 0 Å². The van der Waals surface area contributed by atoms with E-state index in [0.29, 0.717) is 19.7 Å². The lowest BCUT2D eigenvalue weighted by atomic mass is 10.3. The highest BCUT2D eigenvalue weighted by molar-refractivity contribution is 7.50. The summed E-state index contributed by atoms with van der Waals surface area (Å²) in [5.74, 6) is 0. The van der Waals surface area contributed by atoms with Crippen molar-refractivity contribution in [1.82, 2.24) is 4.67 Å². The van der Waals surface area contributed by atoms with Crippen LogP contribution in [0.4, 0.5) is 0 Å². The largest absolute Gasteiger partial charge is 0.405 e. The lowest BCUT2D eigenvalue weighted by Crippen LogP contribution is -2.24. The molecule has 1 unspecified atom stereocenters. The molecule has 0 spiro atoms. The topological polar surface area (TPSA) is 49.8 Å². The van der Waals surface area contributed by atoms with E-state index in [9.17, 15) is 9.46 Å². The molecule has 0 heterocycles. The Morgan fingerprint density at radius 2 is 1.47 bits per heavy atom. The molecule has 0 aromatic carbocycles. The van der Waals surface area contributed by atoms with Gasteiger partial charge in [-0.05, 0) is 19.3 Å². The molecule has 104 valence electrons. The molecule has 0 rings (SSSR count). The summed E-state index contributed by atoms with van der Waals surface area (Å²) in [7, 11) is -3.56. The van der Waals surface area contributed by atoms with Crippen LogP contribution in [0.25, 0.3) is 0 Å². The van der Waals surface area contributed by atoms with Crippen molar-refractivity contribution in [3.05, 3.63) is 0 Å². The number of unbranched alkanes of at least 4 members (excludes halogenated alkanes) is 3. The van der Waals surface area contributed by atoms with Crippen molar-refractivity contribution in [2.45, 2.75) is 59.3 Å². The zero-order valence-electron chi connectivity index (χ0n) is 11.5. The Balaban J connectivity index is 4.24. The standard InChI is InChI=1S/C12H28NO3P/c1-4-7-10-13(11-8-5-2)17(14,15)16-12-9-6-3/h4-12H2,1-3H3,(H,14,15). The van der Waals surface area contributed by atoms with E-state index in [2.05, 4.69) is 13.8 Å². The maximum absolute atomic E-state index is 12.1. The van der Waals surface area contributed by atoms with Gasteiger partial charge in [0.2, 0.25) is 0 Å². The summed E-state index contributed by atoms with van der Waals surface area (Å²) in [6.07, 6.45) is 5.73. The minimum Gasteiger partial charge on any atom is -0.312 e. The number of hydrogen-bond donors (Lipinski definition) is 1. The van der Waals surface area contributed by atoms with E-state index in [1.165, 1.54) is 0 Å². The van der Waals surface area contributed by atoms with Gasteiger partial charge in [-0.25, -0.2) is 9.24 Å². The maximum Gasteiger partial charge on any atom is 0.405 e. The molecule has 0 saturated heterocycles. The molecule has 17 heavy (non-hydrogen) atoms. The van der Waals surface area contributed by atoms with Crippen LogP contribution in [0, 0.1) is 0 Å². The van der Waals surface area contributed by atoms with E-state index in [1.807, 2.05) is 6.92 Å². The molecule has 0 aliphatic heterocycles. The van der Waals surface area contributed by atoms with Crippen LogP contribution in [-0.4, -0.2) is 29.3 Å². The Morgan fingerprint density at radius 3 is 1.88 bits per heavy atom. The zero-order chi connectivity index (χ0) is 13.1. The van der Waals surface area contributed by atoms with Gasteiger partial charge in [0.15, 0.2) is 0 Å². The first-order chi connectivity index (χ1) is 8.08. The van der Waals surface area contributed by atoms with Crippen LogP contribution >= 0.6 is 7.75 Å². The van der Waals surface area contributed by atoms with Crippen molar-refractivity contribution in [2.24, 2.45) is 0 Å². The Morgan fingerprint density at radius 1 is 1.00 bits per heavy atom. The molecule has 0 saturated carbocycles. The van der Waals surface area contributed by atoms with E-state index >= 15 is 0 Å². The fraction of sp³-hybridized carbons (Fsp3) is 1.00. The van der Waals surface area contributed by atoms with E-state index in [-0.39, 0.29) is 0 Å². The Bertz CT molecular complexity index is 216. The molecule has 0 aliphatic carbocycles. The van der Waals surface area contributed by atoms with E-state index in [4.69, 9.17) is 4.52 Å². The predicted molar refractivity (Wildman–Crippen MR) is 72.1 cm³/mol.